The number of benzene rings is 2. The molecule has 2 rings (SSSR count). The summed E-state index contributed by atoms with van der Waals surface area (Å²) >= 11 is 0. The summed E-state index contributed by atoms with van der Waals surface area (Å²) in [5.74, 6) is 0.748. The number of hydrogen-bond donors (Lipinski definition) is 1. The van der Waals surface area contributed by atoms with Crippen LogP contribution in [-0.2, 0) is 16.6 Å². The topological polar surface area (TPSA) is 55.4 Å². The largest absolute Gasteiger partial charge is 0.497 e. The van der Waals surface area contributed by atoms with Crippen molar-refractivity contribution in [2.45, 2.75) is 39.1 Å². The lowest BCUT2D eigenvalue weighted by Gasteiger charge is -2.16. The molecule has 23 heavy (non-hydrogen) atoms. The lowest BCUT2D eigenvalue weighted by molar-refractivity contribution is 0.414. The molecule has 4 nitrogen and oxygen atoms in total. The van der Waals surface area contributed by atoms with Crippen molar-refractivity contribution in [1.29, 1.82) is 0 Å². The number of sulfonamides is 1. The van der Waals surface area contributed by atoms with Crippen LogP contribution >= 0.6 is 0 Å². The normalized spacial score (nSPS) is 11.5. The zero-order valence-corrected chi connectivity index (χ0v) is 15.0. The van der Waals surface area contributed by atoms with Crippen LogP contribution in [0.3, 0.4) is 0 Å². The monoisotopic (exact) mass is 333 g/mol. The zero-order chi connectivity index (χ0) is 17.2. The molecule has 0 atom stereocenters. The van der Waals surface area contributed by atoms with E-state index in [1.807, 2.05) is 58.0 Å². The van der Waals surface area contributed by atoms with Gasteiger partial charge in [0.2, 0.25) is 10.0 Å². The third kappa shape index (κ3) is 3.74. The highest BCUT2D eigenvalue weighted by Crippen LogP contribution is 2.26. The fourth-order valence-electron chi connectivity index (χ4n) is 2.58. The summed E-state index contributed by atoms with van der Waals surface area (Å²) in [6.07, 6.45) is 0. The molecule has 0 fully saturated rings. The molecule has 0 aliphatic rings. The van der Waals surface area contributed by atoms with E-state index in [0.717, 1.165) is 33.6 Å². The Morgan fingerprint density at radius 2 is 1.48 bits per heavy atom. The van der Waals surface area contributed by atoms with Gasteiger partial charge in [0.15, 0.2) is 0 Å². The Morgan fingerprint density at radius 3 is 1.96 bits per heavy atom. The smallest absolute Gasteiger partial charge is 0.241 e. The highest BCUT2D eigenvalue weighted by atomic mass is 32.2. The van der Waals surface area contributed by atoms with Crippen molar-refractivity contribution < 1.29 is 13.2 Å². The van der Waals surface area contributed by atoms with Gasteiger partial charge >= 0.3 is 0 Å². The minimum Gasteiger partial charge on any atom is -0.497 e. The quantitative estimate of drug-likeness (QED) is 0.912. The average molecular weight is 333 g/mol. The predicted molar refractivity (Wildman–Crippen MR) is 92.4 cm³/mol. The van der Waals surface area contributed by atoms with Crippen LogP contribution in [0.5, 0.6) is 5.75 Å². The first-order chi connectivity index (χ1) is 10.8. The van der Waals surface area contributed by atoms with E-state index in [2.05, 4.69) is 4.72 Å². The number of nitrogens with one attached hydrogen (secondary N) is 1. The lowest BCUT2D eigenvalue weighted by atomic mass is 10.0. The maximum atomic E-state index is 12.7. The van der Waals surface area contributed by atoms with Crippen molar-refractivity contribution in [3.8, 4) is 5.75 Å². The van der Waals surface area contributed by atoms with E-state index in [1.165, 1.54) is 0 Å². The van der Waals surface area contributed by atoms with E-state index in [1.54, 1.807) is 7.11 Å². The Bertz CT molecular complexity index is 783. The van der Waals surface area contributed by atoms with E-state index in [4.69, 9.17) is 4.74 Å². The maximum Gasteiger partial charge on any atom is 0.241 e. The van der Waals surface area contributed by atoms with Gasteiger partial charge in [-0.25, -0.2) is 13.1 Å². The molecule has 0 spiro atoms. The van der Waals surface area contributed by atoms with Crippen LogP contribution in [0.1, 0.15) is 27.8 Å². The molecule has 0 radical (unpaired) electrons. The minimum absolute atomic E-state index is 0.248. The minimum atomic E-state index is -3.56. The maximum absolute atomic E-state index is 12.7. The third-order valence-corrected chi connectivity index (χ3v) is 5.87. The molecular weight excluding hydrogens is 310 g/mol. The highest BCUT2D eigenvalue weighted by molar-refractivity contribution is 7.89. The summed E-state index contributed by atoms with van der Waals surface area (Å²) in [5, 5.41) is 0. The molecule has 124 valence electrons. The van der Waals surface area contributed by atoms with Gasteiger partial charge < -0.3 is 4.74 Å². The zero-order valence-electron chi connectivity index (χ0n) is 14.2. The highest BCUT2D eigenvalue weighted by Gasteiger charge is 2.21. The first-order valence-corrected chi connectivity index (χ1v) is 8.94. The second-order valence-corrected chi connectivity index (χ2v) is 7.47. The van der Waals surface area contributed by atoms with Crippen LogP contribution in [0.15, 0.2) is 35.2 Å². The Morgan fingerprint density at radius 1 is 0.957 bits per heavy atom. The first-order valence-electron chi connectivity index (χ1n) is 7.46. The molecule has 0 unspecified atom stereocenters. The molecular formula is C18H23NO3S. The third-order valence-electron chi connectivity index (χ3n) is 4.19. The summed E-state index contributed by atoms with van der Waals surface area (Å²) in [6.45, 7) is 7.82. The van der Waals surface area contributed by atoms with Gasteiger partial charge in [0.1, 0.15) is 5.75 Å². The summed E-state index contributed by atoms with van der Waals surface area (Å²) < 4.78 is 33.3. The number of methoxy groups -OCH3 is 1. The second-order valence-electron chi connectivity index (χ2n) is 5.76. The molecule has 0 amide bonds. The summed E-state index contributed by atoms with van der Waals surface area (Å²) in [4.78, 5) is 0.392. The fraction of sp³-hybridized carbons (Fsp3) is 0.333. The van der Waals surface area contributed by atoms with E-state index < -0.39 is 10.0 Å². The fourth-order valence-corrected chi connectivity index (χ4v) is 4.21. The Kier molecular flexibility index (Phi) is 5.12. The summed E-state index contributed by atoms with van der Waals surface area (Å²) in [6, 6.07) is 9.35. The first kappa shape index (κ1) is 17.5. The van der Waals surface area contributed by atoms with E-state index in [0.29, 0.717) is 4.90 Å². The average Bonchev–Trinajstić information content (AvgIpc) is 2.51. The van der Waals surface area contributed by atoms with Crippen LogP contribution in [-0.4, -0.2) is 15.5 Å². The van der Waals surface area contributed by atoms with Crippen LogP contribution < -0.4 is 9.46 Å². The molecule has 0 aliphatic carbocycles. The molecule has 5 heteroatoms. The van der Waals surface area contributed by atoms with E-state index >= 15 is 0 Å². The van der Waals surface area contributed by atoms with Gasteiger partial charge in [-0.2, -0.15) is 0 Å². The van der Waals surface area contributed by atoms with Gasteiger partial charge in [-0.15, -0.1) is 0 Å². The number of hydrogen-bond acceptors (Lipinski definition) is 3. The number of aryl methyl sites for hydroxylation is 2. The Hall–Kier alpha value is -1.85. The lowest BCUT2D eigenvalue weighted by Crippen LogP contribution is -2.25. The standard InChI is InChI=1S/C18H23NO3S/c1-12-10-13(2)15(4)18(14(12)3)23(20,21)19-11-16-6-8-17(22-5)9-7-16/h6-10,19H,11H2,1-5H3. The molecule has 0 saturated carbocycles. The van der Waals surface area contributed by atoms with Crippen LogP contribution in [0, 0.1) is 27.7 Å². The molecule has 1 N–H and O–H groups in total. The van der Waals surface area contributed by atoms with Crippen molar-refractivity contribution in [3.05, 3.63) is 58.1 Å². The van der Waals surface area contributed by atoms with Gasteiger partial charge in [0, 0.05) is 6.54 Å². The van der Waals surface area contributed by atoms with E-state index in [9.17, 15) is 8.42 Å². The Labute approximate surface area is 138 Å². The van der Waals surface area contributed by atoms with Crippen molar-refractivity contribution in [2.24, 2.45) is 0 Å². The predicted octanol–water partition coefficient (Wildman–Crippen LogP) is 3.41. The van der Waals surface area contributed by atoms with Crippen LogP contribution in [0.25, 0.3) is 0 Å². The number of ether oxygens (including phenoxy) is 1. The molecule has 0 saturated heterocycles. The number of rotatable bonds is 5. The molecule has 0 aliphatic heterocycles. The summed E-state index contributed by atoms with van der Waals surface area (Å²) in [5.41, 5.74) is 4.45. The Balaban J connectivity index is 2.29. The summed E-state index contributed by atoms with van der Waals surface area (Å²) in [7, 11) is -1.96. The molecule has 0 heterocycles. The van der Waals surface area contributed by atoms with Gasteiger partial charge in [-0.1, -0.05) is 18.2 Å². The van der Waals surface area contributed by atoms with Crippen molar-refractivity contribution >= 4 is 10.0 Å². The molecule has 0 aromatic heterocycles. The molecule has 2 aromatic rings. The second kappa shape index (κ2) is 6.72. The van der Waals surface area contributed by atoms with E-state index in [-0.39, 0.29) is 6.54 Å². The van der Waals surface area contributed by atoms with Gasteiger partial charge in [-0.3, -0.25) is 0 Å². The van der Waals surface area contributed by atoms with Crippen molar-refractivity contribution in [2.75, 3.05) is 7.11 Å². The van der Waals surface area contributed by atoms with Crippen LogP contribution in [0.2, 0.25) is 0 Å². The van der Waals surface area contributed by atoms with Crippen molar-refractivity contribution in [3.63, 3.8) is 0 Å². The van der Waals surface area contributed by atoms with Gasteiger partial charge in [0.05, 0.1) is 12.0 Å². The molecule has 0 bridgehead atoms. The van der Waals surface area contributed by atoms with Crippen molar-refractivity contribution in [1.82, 2.24) is 4.72 Å². The van der Waals surface area contributed by atoms with Gasteiger partial charge in [0.25, 0.3) is 0 Å². The molecule has 2 aromatic carbocycles. The van der Waals surface area contributed by atoms with Crippen LogP contribution in [0.4, 0.5) is 0 Å². The SMILES string of the molecule is COc1ccc(CNS(=O)(=O)c2c(C)c(C)cc(C)c2C)cc1. The van der Waals surface area contributed by atoms with Gasteiger partial charge in [-0.05, 0) is 67.6 Å².